The summed E-state index contributed by atoms with van der Waals surface area (Å²) >= 11 is 3.91. The molecule has 0 saturated carbocycles. The van der Waals surface area contributed by atoms with Gasteiger partial charge in [-0.2, -0.15) is 0 Å². The molecule has 0 spiro atoms. The topological polar surface area (TPSA) is 12.0 Å². The van der Waals surface area contributed by atoms with Gasteiger partial charge in [0.15, 0.2) is 0 Å². The number of thiophene rings is 1. The molecule has 60 valence electrons. The molecular formula is C8H11NS2. The van der Waals surface area contributed by atoms with Gasteiger partial charge in [-0.1, -0.05) is 0 Å². The van der Waals surface area contributed by atoms with Crippen LogP contribution >= 0.6 is 23.1 Å². The van der Waals surface area contributed by atoms with Crippen LogP contribution in [0.1, 0.15) is 15.1 Å². The van der Waals surface area contributed by atoms with Crippen molar-refractivity contribution in [3.63, 3.8) is 0 Å². The molecule has 3 heteroatoms. The highest BCUT2D eigenvalue weighted by molar-refractivity contribution is 7.99. The van der Waals surface area contributed by atoms with Crippen molar-refractivity contribution in [1.29, 1.82) is 0 Å². The fourth-order valence-electron chi connectivity index (χ4n) is 1.20. The van der Waals surface area contributed by atoms with E-state index in [1.165, 1.54) is 15.5 Å². The molecular weight excluding hydrogens is 174 g/mol. The Hall–Kier alpha value is 0.01000. The van der Waals surface area contributed by atoms with Gasteiger partial charge >= 0.3 is 0 Å². The third kappa shape index (κ3) is 1.60. The average molecular weight is 185 g/mol. The lowest BCUT2D eigenvalue weighted by molar-refractivity contribution is 0.761. The third-order valence-corrected chi connectivity index (χ3v) is 4.14. The molecule has 0 bridgehead atoms. The standard InChI is InChI=1S/C8H11NS2/c1-6-2-3-7(11-6)8-9-4-5-10-8/h2-3,8-9H,4-5H2,1H3/t8-/m1/s1. The molecule has 11 heavy (non-hydrogen) atoms. The molecule has 1 nitrogen and oxygen atoms in total. The Morgan fingerprint density at radius 2 is 2.45 bits per heavy atom. The molecule has 1 saturated heterocycles. The van der Waals surface area contributed by atoms with Crippen LogP contribution in [0.15, 0.2) is 12.1 Å². The van der Waals surface area contributed by atoms with Crippen molar-refractivity contribution in [2.24, 2.45) is 0 Å². The second-order valence-electron chi connectivity index (χ2n) is 2.65. The van der Waals surface area contributed by atoms with Crippen LogP contribution in [0.25, 0.3) is 0 Å². The molecule has 1 atom stereocenters. The Morgan fingerprint density at radius 1 is 1.55 bits per heavy atom. The predicted molar refractivity (Wildman–Crippen MR) is 52.3 cm³/mol. The van der Waals surface area contributed by atoms with E-state index in [4.69, 9.17) is 0 Å². The number of aryl methyl sites for hydroxylation is 1. The average Bonchev–Trinajstić information content (AvgIpc) is 2.55. The van der Waals surface area contributed by atoms with Crippen molar-refractivity contribution in [3.05, 3.63) is 21.9 Å². The van der Waals surface area contributed by atoms with E-state index < -0.39 is 0 Å². The van der Waals surface area contributed by atoms with Crippen LogP contribution in [0.3, 0.4) is 0 Å². The Morgan fingerprint density at radius 3 is 3.00 bits per heavy atom. The Balaban J connectivity index is 2.15. The van der Waals surface area contributed by atoms with Crippen LogP contribution in [-0.2, 0) is 0 Å². The first-order chi connectivity index (χ1) is 5.36. The Labute approximate surface area is 75.2 Å². The molecule has 2 heterocycles. The van der Waals surface area contributed by atoms with Crippen LogP contribution in [0.5, 0.6) is 0 Å². The van der Waals surface area contributed by atoms with Gasteiger partial charge in [0.1, 0.15) is 0 Å². The quantitative estimate of drug-likeness (QED) is 0.721. The highest BCUT2D eigenvalue weighted by Crippen LogP contribution is 2.33. The lowest BCUT2D eigenvalue weighted by Gasteiger charge is -2.04. The van der Waals surface area contributed by atoms with Crippen LogP contribution in [0.2, 0.25) is 0 Å². The lowest BCUT2D eigenvalue weighted by Crippen LogP contribution is -2.10. The summed E-state index contributed by atoms with van der Waals surface area (Å²) in [5.41, 5.74) is 0. The van der Waals surface area contributed by atoms with Crippen LogP contribution in [0.4, 0.5) is 0 Å². The molecule has 1 aliphatic rings. The van der Waals surface area contributed by atoms with Crippen molar-refractivity contribution >= 4 is 23.1 Å². The Bertz CT molecular complexity index is 238. The minimum Gasteiger partial charge on any atom is -0.300 e. The Kier molecular flexibility index (Phi) is 2.20. The van der Waals surface area contributed by atoms with E-state index >= 15 is 0 Å². The number of thioether (sulfide) groups is 1. The summed E-state index contributed by atoms with van der Waals surface area (Å²) < 4.78 is 0. The van der Waals surface area contributed by atoms with E-state index in [0.29, 0.717) is 5.37 Å². The molecule has 0 unspecified atom stereocenters. The van der Waals surface area contributed by atoms with Gasteiger partial charge < -0.3 is 5.32 Å². The molecule has 0 amide bonds. The smallest absolute Gasteiger partial charge is 0.0883 e. The normalized spacial score (nSPS) is 24.3. The molecule has 1 aliphatic heterocycles. The number of hydrogen-bond acceptors (Lipinski definition) is 3. The zero-order valence-electron chi connectivity index (χ0n) is 6.46. The van der Waals surface area contributed by atoms with Crippen LogP contribution in [0, 0.1) is 6.92 Å². The maximum absolute atomic E-state index is 3.46. The molecule has 0 aliphatic carbocycles. The lowest BCUT2D eigenvalue weighted by atomic mass is 10.4. The van der Waals surface area contributed by atoms with E-state index in [9.17, 15) is 0 Å². The second-order valence-corrected chi connectivity index (χ2v) is 5.19. The summed E-state index contributed by atoms with van der Waals surface area (Å²) in [6, 6.07) is 4.43. The van der Waals surface area contributed by atoms with Gasteiger partial charge in [-0.15, -0.1) is 23.1 Å². The van der Waals surface area contributed by atoms with Crippen molar-refractivity contribution < 1.29 is 0 Å². The SMILES string of the molecule is Cc1ccc([C@@H]2NCCS2)s1. The van der Waals surface area contributed by atoms with E-state index in [1.807, 2.05) is 23.1 Å². The van der Waals surface area contributed by atoms with Crippen molar-refractivity contribution in [2.45, 2.75) is 12.3 Å². The number of rotatable bonds is 1. The van der Waals surface area contributed by atoms with Gasteiger partial charge in [0.25, 0.3) is 0 Å². The molecule has 0 radical (unpaired) electrons. The van der Waals surface area contributed by atoms with E-state index in [1.54, 1.807) is 0 Å². The molecule has 0 aromatic carbocycles. The maximum atomic E-state index is 3.46. The fraction of sp³-hybridized carbons (Fsp3) is 0.500. The first kappa shape index (κ1) is 7.65. The molecule has 1 aromatic heterocycles. The largest absolute Gasteiger partial charge is 0.300 e. The van der Waals surface area contributed by atoms with Gasteiger partial charge in [-0.05, 0) is 19.1 Å². The van der Waals surface area contributed by atoms with Crippen LogP contribution < -0.4 is 5.32 Å². The van der Waals surface area contributed by atoms with E-state index in [2.05, 4.69) is 24.4 Å². The summed E-state index contributed by atoms with van der Waals surface area (Å²) in [4.78, 5) is 2.89. The van der Waals surface area contributed by atoms with Crippen molar-refractivity contribution in [2.75, 3.05) is 12.3 Å². The molecule has 1 aromatic rings. The minimum absolute atomic E-state index is 0.577. The summed E-state index contributed by atoms with van der Waals surface area (Å²) in [5, 5.41) is 4.04. The van der Waals surface area contributed by atoms with Gasteiger partial charge in [0.2, 0.25) is 0 Å². The zero-order chi connectivity index (χ0) is 7.68. The van der Waals surface area contributed by atoms with Gasteiger partial charge in [-0.3, -0.25) is 0 Å². The van der Waals surface area contributed by atoms with Crippen molar-refractivity contribution in [1.82, 2.24) is 5.32 Å². The number of hydrogen-bond donors (Lipinski definition) is 1. The summed E-state index contributed by atoms with van der Waals surface area (Å²) in [5.74, 6) is 1.25. The van der Waals surface area contributed by atoms with E-state index in [0.717, 1.165) is 6.54 Å². The zero-order valence-corrected chi connectivity index (χ0v) is 8.10. The minimum atomic E-state index is 0.577. The molecule has 1 N–H and O–H groups in total. The predicted octanol–water partition coefficient (Wildman–Crippen LogP) is 2.39. The maximum Gasteiger partial charge on any atom is 0.0883 e. The number of nitrogens with one attached hydrogen (secondary N) is 1. The first-order valence-electron chi connectivity index (χ1n) is 3.77. The van der Waals surface area contributed by atoms with E-state index in [-0.39, 0.29) is 0 Å². The molecule has 2 rings (SSSR count). The summed E-state index contributed by atoms with van der Waals surface area (Å²) in [7, 11) is 0. The summed E-state index contributed by atoms with van der Waals surface area (Å²) in [6.45, 7) is 3.32. The third-order valence-electron chi connectivity index (χ3n) is 1.74. The van der Waals surface area contributed by atoms with Gasteiger partial charge in [0, 0.05) is 22.1 Å². The first-order valence-corrected chi connectivity index (χ1v) is 5.64. The van der Waals surface area contributed by atoms with Gasteiger partial charge in [-0.25, -0.2) is 0 Å². The van der Waals surface area contributed by atoms with Gasteiger partial charge in [0.05, 0.1) is 5.37 Å². The monoisotopic (exact) mass is 185 g/mol. The van der Waals surface area contributed by atoms with Crippen LogP contribution in [-0.4, -0.2) is 12.3 Å². The highest BCUT2D eigenvalue weighted by Gasteiger charge is 2.17. The fourth-order valence-corrected chi connectivity index (χ4v) is 3.34. The van der Waals surface area contributed by atoms with Crippen molar-refractivity contribution in [3.8, 4) is 0 Å². The highest BCUT2D eigenvalue weighted by atomic mass is 32.2. The second kappa shape index (κ2) is 3.17. The molecule has 1 fully saturated rings. The summed E-state index contributed by atoms with van der Waals surface area (Å²) in [6.07, 6.45) is 0.